The van der Waals surface area contributed by atoms with E-state index in [4.69, 9.17) is 0 Å². The van der Waals surface area contributed by atoms with Crippen LogP contribution in [-0.4, -0.2) is 28.5 Å². The van der Waals surface area contributed by atoms with E-state index >= 15 is 0 Å². The van der Waals surface area contributed by atoms with Crippen LogP contribution in [0.1, 0.15) is 39.0 Å². The van der Waals surface area contributed by atoms with Crippen molar-refractivity contribution in [2.24, 2.45) is 11.8 Å². The highest BCUT2D eigenvalue weighted by Crippen LogP contribution is 2.31. The molecule has 0 spiro atoms. The van der Waals surface area contributed by atoms with Gasteiger partial charge in [-0.2, -0.15) is 4.98 Å². The Morgan fingerprint density at radius 2 is 2.00 bits per heavy atom. The van der Waals surface area contributed by atoms with Gasteiger partial charge in [0.25, 0.3) is 0 Å². The summed E-state index contributed by atoms with van der Waals surface area (Å²) in [6.07, 6.45) is 7.39. The molecule has 2 rings (SSSR count). The molecule has 21 heavy (non-hydrogen) atoms. The van der Waals surface area contributed by atoms with E-state index in [2.05, 4.69) is 27.5 Å². The van der Waals surface area contributed by atoms with Gasteiger partial charge in [-0.3, -0.25) is 10.1 Å². The maximum absolute atomic E-state index is 11.0. The van der Waals surface area contributed by atoms with Crippen LogP contribution in [0.25, 0.3) is 0 Å². The van der Waals surface area contributed by atoms with Crippen LogP contribution in [0.2, 0.25) is 0 Å². The lowest BCUT2D eigenvalue weighted by molar-refractivity contribution is -0.384. The highest BCUT2D eigenvalue weighted by atomic mass is 16.6. The molecule has 7 nitrogen and oxygen atoms in total. The summed E-state index contributed by atoms with van der Waals surface area (Å²) in [6.45, 7) is 2.98. The molecule has 0 bridgehead atoms. The van der Waals surface area contributed by atoms with Crippen molar-refractivity contribution in [2.45, 2.75) is 39.0 Å². The minimum atomic E-state index is -0.449. The molecule has 1 aliphatic rings. The third kappa shape index (κ3) is 4.03. The Kier molecular flexibility index (Phi) is 5.30. The molecule has 1 heterocycles. The number of aromatic nitrogens is 2. The molecule has 7 heteroatoms. The number of nitrogens with one attached hydrogen (secondary N) is 2. The fourth-order valence-corrected chi connectivity index (χ4v) is 2.84. The third-order valence-electron chi connectivity index (χ3n) is 4.29. The molecule has 1 aromatic heterocycles. The molecule has 0 aromatic carbocycles. The van der Waals surface area contributed by atoms with Gasteiger partial charge in [0.15, 0.2) is 0 Å². The van der Waals surface area contributed by atoms with Crippen LogP contribution in [0.3, 0.4) is 0 Å². The van der Waals surface area contributed by atoms with Crippen molar-refractivity contribution >= 4 is 17.5 Å². The average Bonchev–Trinajstić information content (AvgIpc) is 2.52. The van der Waals surface area contributed by atoms with E-state index in [9.17, 15) is 10.1 Å². The van der Waals surface area contributed by atoms with Gasteiger partial charge in [-0.15, -0.1) is 0 Å². The van der Waals surface area contributed by atoms with Crippen molar-refractivity contribution in [3.8, 4) is 0 Å². The Hall–Kier alpha value is -1.92. The van der Waals surface area contributed by atoms with Crippen LogP contribution in [0.5, 0.6) is 0 Å². The van der Waals surface area contributed by atoms with Gasteiger partial charge < -0.3 is 10.6 Å². The first kappa shape index (κ1) is 15.5. The Labute approximate surface area is 124 Å². The summed E-state index contributed by atoms with van der Waals surface area (Å²) in [5, 5.41) is 17.0. The van der Waals surface area contributed by atoms with Crippen LogP contribution in [0, 0.1) is 22.0 Å². The van der Waals surface area contributed by atoms with E-state index in [1.165, 1.54) is 38.3 Å². The Bertz CT molecular complexity index is 486. The average molecular weight is 293 g/mol. The molecular weight excluding hydrogens is 270 g/mol. The maximum atomic E-state index is 11.0. The number of anilines is 2. The molecular formula is C14H23N5O2. The zero-order valence-electron chi connectivity index (χ0n) is 12.6. The van der Waals surface area contributed by atoms with Crippen molar-refractivity contribution in [2.75, 3.05) is 24.2 Å². The van der Waals surface area contributed by atoms with Gasteiger partial charge in [-0.05, 0) is 24.7 Å². The molecule has 0 amide bonds. The van der Waals surface area contributed by atoms with Gasteiger partial charge >= 0.3 is 5.69 Å². The number of nitrogens with zero attached hydrogens (tertiary/aromatic N) is 3. The summed E-state index contributed by atoms with van der Waals surface area (Å²) in [7, 11) is 1.69. The summed E-state index contributed by atoms with van der Waals surface area (Å²) < 4.78 is 0. The molecule has 116 valence electrons. The molecule has 0 radical (unpaired) electrons. The lowest BCUT2D eigenvalue weighted by Crippen LogP contribution is -2.21. The third-order valence-corrected chi connectivity index (χ3v) is 4.29. The first-order chi connectivity index (χ1) is 10.1. The van der Waals surface area contributed by atoms with Gasteiger partial charge in [0.05, 0.1) is 4.92 Å². The Balaban J connectivity index is 1.97. The van der Waals surface area contributed by atoms with Gasteiger partial charge in [-0.1, -0.05) is 26.2 Å². The van der Waals surface area contributed by atoms with Crippen molar-refractivity contribution in [3.05, 3.63) is 16.3 Å². The molecule has 1 aromatic rings. The topological polar surface area (TPSA) is 93.0 Å². The fourth-order valence-electron chi connectivity index (χ4n) is 2.84. The zero-order chi connectivity index (χ0) is 15.2. The van der Waals surface area contributed by atoms with E-state index in [0.29, 0.717) is 17.7 Å². The molecule has 0 saturated heterocycles. The van der Waals surface area contributed by atoms with Crippen molar-refractivity contribution < 1.29 is 4.92 Å². The monoisotopic (exact) mass is 293 g/mol. The molecule has 0 aliphatic heterocycles. The predicted octanol–water partition coefficient (Wildman–Crippen LogP) is 3.05. The van der Waals surface area contributed by atoms with Crippen molar-refractivity contribution in [3.63, 3.8) is 0 Å². The quantitative estimate of drug-likeness (QED) is 0.618. The maximum Gasteiger partial charge on any atom is 0.329 e. The highest BCUT2D eigenvalue weighted by molar-refractivity contribution is 5.56. The molecule has 1 fully saturated rings. The van der Waals surface area contributed by atoms with E-state index in [1.807, 2.05) is 0 Å². The van der Waals surface area contributed by atoms with Crippen molar-refractivity contribution in [1.82, 2.24) is 9.97 Å². The highest BCUT2D eigenvalue weighted by Gasteiger charge is 2.22. The van der Waals surface area contributed by atoms with Crippen LogP contribution in [-0.2, 0) is 0 Å². The molecule has 2 N–H and O–H groups in total. The summed E-state index contributed by atoms with van der Waals surface area (Å²) in [5.41, 5.74) is -0.0729. The molecule has 0 atom stereocenters. The second-order valence-corrected chi connectivity index (χ2v) is 5.61. The fraction of sp³-hybridized carbons (Fsp3) is 0.714. The largest absolute Gasteiger partial charge is 0.364 e. The number of rotatable bonds is 6. The lowest BCUT2D eigenvalue weighted by Gasteiger charge is -2.27. The van der Waals surface area contributed by atoms with E-state index < -0.39 is 4.92 Å². The van der Waals surface area contributed by atoms with E-state index in [-0.39, 0.29) is 5.69 Å². The summed E-state index contributed by atoms with van der Waals surface area (Å²) >= 11 is 0. The van der Waals surface area contributed by atoms with Crippen molar-refractivity contribution in [1.29, 1.82) is 0 Å². The predicted molar refractivity (Wildman–Crippen MR) is 82.5 cm³/mol. The number of hydrogen-bond donors (Lipinski definition) is 2. The van der Waals surface area contributed by atoms with Crippen LogP contribution in [0.4, 0.5) is 17.5 Å². The molecule has 1 saturated carbocycles. The lowest BCUT2D eigenvalue weighted by atomic mass is 9.81. The number of nitro groups is 1. The molecule has 0 unspecified atom stereocenters. The SMILES string of the molecule is CCC1CCC(CNc2nc(NC)ncc2[N+](=O)[O-])CC1. The second-order valence-electron chi connectivity index (χ2n) is 5.61. The number of hydrogen-bond acceptors (Lipinski definition) is 6. The standard InChI is InChI=1S/C14H23N5O2/c1-3-10-4-6-11(7-5-10)8-16-13-12(19(20)21)9-17-14(15-2)18-13/h9-11H,3-8H2,1-2H3,(H2,15,16,17,18). The van der Waals surface area contributed by atoms with Crippen LogP contribution in [0.15, 0.2) is 6.20 Å². The zero-order valence-corrected chi connectivity index (χ0v) is 12.6. The van der Waals surface area contributed by atoms with Crippen LogP contribution < -0.4 is 10.6 Å². The van der Waals surface area contributed by atoms with E-state index in [1.54, 1.807) is 7.05 Å². The Morgan fingerprint density at radius 1 is 1.33 bits per heavy atom. The first-order valence-electron chi connectivity index (χ1n) is 7.57. The first-order valence-corrected chi connectivity index (χ1v) is 7.57. The smallest absolute Gasteiger partial charge is 0.329 e. The van der Waals surface area contributed by atoms with Crippen LogP contribution >= 0.6 is 0 Å². The second kappa shape index (κ2) is 7.19. The molecule has 1 aliphatic carbocycles. The van der Waals surface area contributed by atoms with Gasteiger partial charge in [-0.25, -0.2) is 4.98 Å². The normalized spacial score (nSPS) is 21.8. The van der Waals surface area contributed by atoms with Gasteiger partial charge in [0.1, 0.15) is 6.20 Å². The van der Waals surface area contributed by atoms with Gasteiger partial charge in [0, 0.05) is 13.6 Å². The summed E-state index contributed by atoms with van der Waals surface area (Å²) in [6, 6.07) is 0. The minimum absolute atomic E-state index is 0.0729. The van der Waals surface area contributed by atoms with Gasteiger partial charge in [0.2, 0.25) is 11.8 Å². The minimum Gasteiger partial charge on any atom is -0.364 e. The summed E-state index contributed by atoms with van der Waals surface area (Å²) in [4.78, 5) is 18.6. The van der Waals surface area contributed by atoms with E-state index in [0.717, 1.165) is 12.5 Å². The summed E-state index contributed by atoms with van der Waals surface area (Å²) in [5.74, 6) is 2.11. The Morgan fingerprint density at radius 3 is 2.57 bits per heavy atom.